The second-order valence-electron chi connectivity index (χ2n) is 5.65. The zero-order valence-electron chi connectivity index (χ0n) is 12.1. The fourth-order valence-electron chi connectivity index (χ4n) is 2.47. The summed E-state index contributed by atoms with van der Waals surface area (Å²) in [5.41, 5.74) is 3.61. The molecule has 0 atom stereocenters. The van der Waals surface area contributed by atoms with Gasteiger partial charge in [-0.05, 0) is 43.4 Å². The first-order valence-corrected chi connectivity index (χ1v) is 7.67. The summed E-state index contributed by atoms with van der Waals surface area (Å²) in [7, 11) is 0. The Morgan fingerprint density at radius 1 is 1.32 bits per heavy atom. The van der Waals surface area contributed by atoms with Crippen LogP contribution in [0.4, 0.5) is 0 Å². The molecule has 0 N–H and O–H groups in total. The fourth-order valence-corrected chi connectivity index (χ4v) is 2.64. The molecule has 0 aliphatic rings. The van der Waals surface area contributed by atoms with Crippen molar-refractivity contribution in [3.8, 4) is 0 Å². The van der Waals surface area contributed by atoms with Crippen LogP contribution in [0.3, 0.4) is 0 Å². The number of aromatic nitrogens is 2. The van der Waals surface area contributed by atoms with Crippen LogP contribution >= 0.6 is 11.6 Å². The van der Waals surface area contributed by atoms with Crippen molar-refractivity contribution >= 4 is 22.6 Å². The predicted octanol–water partition coefficient (Wildman–Crippen LogP) is 4.56. The molecule has 0 saturated carbocycles. The van der Waals surface area contributed by atoms with Crippen molar-refractivity contribution < 1.29 is 0 Å². The van der Waals surface area contributed by atoms with Gasteiger partial charge in [-0.1, -0.05) is 19.9 Å². The molecule has 0 bridgehead atoms. The van der Waals surface area contributed by atoms with Gasteiger partial charge in [0.2, 0.25) is 0 Å². The SMILES string of the molecule is Cc1ccc2c(c1)nc(CCCl)n2CCCC(C)C. The summed E-state index contributed by atoms with van der Waals surface area (Å²) in [6.07, 6.45) is 3.30. The van der Waals surface area contributed by atoms with Gasteiger partial charge < -0.3 is 4.57 Å². The van der Waals surface area contributed by atoms with E-state index < -0.39 is 0 Å². The molecular formula is C16H23ClN2. The molecule has 0 spiro atoms. The molecule has 2 rings (SSSR count). The maximum absolute atomic E-state index is 5.90. The second-order valence-corrected chi connectivity index (χ2v) is 6.02. The Labute approximate surface area is 120 Å². The third kappa shape index (κ3) is 3.50. The van der Waals surface area contributed by atoms with Crippen LogP contribution < -0.4 is 0 Å². The molecule has 104 valence electrons. The summed E-state index contributed by atoms with van der Waals surface area (Å²) in [6, 6.07) is 6.50. The van der Waals surface area contributed by atoms with Gasteiger partial charge >= 0.3 is 0 Å². The van der Waals surface area contributed by atoms with E-state index in [4.69, 9.17) is 16.6 Å². The van der Waals surface area contributed by atoms with Crippen LogP contribution in [0.25, 0.3) is 11.0 Å². The van der Waals surface area contributed by atoms with E-state index in [1.54, 1.807) is 0 Å². The maximum Gasteiger partial charge on any atom is 0.111 e. The third-order valence-electron chi connectivity index (χ3n) is 3.46. The summed E-state index contributed by atoms with van der Waals surface area (Å²) in [6.45, 7) is 7.70. The number of hydrogen-bond acceptors (Lipinski definition) is 1. The number of aryl methyl sites for hydroxylation is 3. The fraction of sp³-hybridized carbons (Fsp3) is 0.562. The highest BCUT2D eigenvalue weighted by Gasteiger charge is 2.10. The van der Waals surface area contributed by atoms with Crippen molar-refractivity contribution in [3.05, 3.63) is 29.6 Å². The van der Waals surface area contributed by atoms with E-state index in [2.05, 4.69) is 43.5 Å². The standard InChI is InChI=1S/C16H23ClN2/c1-12(2)5-4-10-19-15-7-6-13(3)11-14(15)18-16(19)8-9-17/h6-7,11-12H,4-5,8-10H2,1-3H3. The van der Waals surface area contributed by atoms with Crippen LogP contribution in [0.5, 0.6) is 0 Å². The monoisotopic (exact) mass is 278 g/mol. The van der Waals surface area contributed by atoms with E-state index >= 15 is 0 Å². The van der Waals surface area contributed by atoms with Crippen molar-refractivity contribution in [3.63, 3.8) is 0 Å². The lowest BCUT2D eigenvalue weighted by molar-refractivity contribution is 0.510. The molecule has 19 heavy (non-hydrogen) atoms. The number of nitrogens with zero attached hydrogens (tertiary/aromatic N) is 2. The van der Waals surface area contributed by atoms with Crippen LogP contribution in [0.1, 0.15) is 38.1 Å². The predicted molar refractivity (Wildman–Crippen MR) is 83.0 cm³/mol. The topological polar surface area (TPSA) is 17.8 Å². The van der Waals surface area contributed by atoms with Crippen molar-refractivity contribution in [1.29, 1.82) is 0 Å². The first-order valence-electron chi connectivity index (χ1n) is 7.13. The Bertz CT molecular complexity index is 543. The molecule has 0 saturated heterocycles. The lowest BCUT2D eigenvalue weighted by Gasteiger charge is -2.10. The molecule has 0 aliphatic carbocycles. The maximum atomic E-state index is 5.90. The largest absolute Gasteiger partial charge is 0.328 e. The van der Waals surface area contributed by atoms with Gasteiger partial charge in [0.1, 0.15) is 5.82 Å². The number of alkyl halides is 1. The van der Waals surface area contributed by atoms with Crippen LogP contribution in [0.2, 0.25) is 0 Å². The molecular weight excluding hydrogens is 256 g/mol. The molecule has 2 aromatic rings. The molecule has 0 radical (unpaired) electrons. The van der Waals surface area contributed by atoms with E-state index in [-0.39, 0.29) is 0 Å². The summed E-state index contributed by atoms with van der Waals surface area (Å²) >= 11 is 5.90. The minimum Gasteiger partial charge on any atom is -0.328 e. The number of hydrogen-bond donors (Lipinski definition) is 0. The summed E-state index contributed by atoms with van der Waals surface area (Å²) < 4.78 is 2.35. The van der Waals surface area contributed by atoms with Crippen LogP contribution in [0, 0.1) is 12.8 Å². The van der Waals surface area contributed by atoms with E-state index in [1.165, 1.54) is 23.9 Å². The molecule has 1 heterocycles. The number of rotatable bonds is 6. The average Bonchev–Trinajstić information content (AvgIpc) is 2.66. The first kappa shape index (κ1) is 14.4. The molecule has 2 nitrogen and oxygen atoms in total. The quantitative estimate of drug-likeness (QED) is 0.708. The van der Waals surface area contributed by atoms with Crippen molar-refractivity contribution in [2.75, 3.05) is 5.88 Å². The highest BCUT2D eigenvalue weighted by Crippen LogP contribution is 2.20. The molecule has 0 amide bonds. The average molecular weight is 279 g/mol. The number of halogens is 1. The van der Waals surface area contributed by atoms with E-state index in [9.17, 15) is 0 Å². The van der Waals surface area contributed by atoms with Crippen LogP contribution in [0.15, 0.2) is 18.2 Å². The Hall–Kier alpha value is -1.02. The first-order chi connectivity index (χ1) is 9.11. The summed E-state index contributed by atoms with van der Waals surface area (Å²) in [5.74, 6) is 2.51. The highest BCUT2D eigenvalue weighted by molar-refractivity contribution is 6.17. The van der Waals surface area contributed by atoms with Gasteiger partial charge in [0.15, 0.2) is 0 Å². The normalized spacial score (nSPS) is 11.6. The molecule has 0 unspecified atom stereocenters. The van der Waals surface area contributed by atoms with Gasteiger partial charge in [0.05, 0.1) is 11.0 Å². The molecule has 0 fully saturated rings. The number of fused-ring (bicyclic) bond motifs is 1. The molecule has 1 aromatic heterocycles. The van der Waals surface area contributed by atoms with Gasteiger partial charge in [-0.2, -0.15) is 0 Å². The molecule has 3 heteroatoms. The van der Waals surface area contributed by atoms with Gasteiger partial charge in [-0.15, -0.1) is 11.6 Å². The zero-order valence-corrected chi connectivity index (χ0v) is 12.9. The number of imidazole rings is 1. The van der Waals surface area contributed by atoms with Gasteiger partial charge in [0, 0.05) is 18.8 Å². The Kier molecular flexibility index (Phi) is 4.87. The van der Waals surface area contributed by atoms with Crippen LogP contribution in [-0.4, -0.2) is 15.4 Å². The Morgan fingerprint density at radius 3 is 2.79 bits per heavy atom. The summed E-state index contributed by atoms with van der Waals surface area (Å²) in [5, 5.41) is 0. The van der Waals surface area contributed by atoms with E-state index in [1.807, 2.05) is 0 Å². The summed E-state index contributed by atoms with van der Waals surface area (Å²) in [4.78, 5) is 4.74. The number of benzene rings is 1. The molecule has 1 aromatic carbocycles. The van der Waals surface area contributed by atoms with Gasteiger partial charge in [-0.25, -0.2) is 4.98 Å². The van der Waals surface area contributed by atoms with Crippen molar-refractivity contribution in [1.82, 2.24) is 9.55 Å². The Balaban J connectivity index is 2.29. The van der Waals surface area contributed by atoms with Crippen LogP contribution in [-0.2, 0) is 13.0 Å². The minimum atomic E-state index is 0.631. The lowest BCUT2D eigenvalue weighted by atomic mass is 10.1. The van der Waals surface area contributed by atoms with E-state index in [0.29, 0.717) is 5.88 Å². The zero-order chi connectivity index (χ0) is 13.8. The van der Waals surface area contributed by atoms with E-state index in [0.717, 1.165) is 30.2 Å². The lowest BCUT2D eigenvalue weighted by Crippen LogP contribution is -2.05. The minimum absolute atomic E-state index is 0.631. The molecule has 0 aliphatic heterocycles. The van der Waals surface area contributed by atoms with Gasteiger partial charge in [-0.3, -0.25) is 0 Å². The Morgan fingerprint density at radius 2 is 2.11 bits per heavy atom. The highest BCUT2D eigenvalue weighted by atomic mass is 35.5. The second kappa shape index (κ2) is 6.42. The third-order valence-corrected chi connectivity index (χ3v) is 3.65. The van der Waals surface area contributed by atoms with Crippen molar-refractivity contribution in [2.24, 2.45) is 5.92 Å². The van der Waals surface area contributed by atoms with Crippen molar-refractivity contribution in [2.45, 2.75) is 46.6 Å². The van der Waals surface area contributed by atoms with Gasteiger partial charge in [0.25, 0.3) is 0 Å². The smallest absolute Gasteiger partial charge is 0.111 e.